The second-order valence-corrected chi connectivity index (χ2v) is 4.96. The predicted octanol–water partition coefficient (Wildman–Crippen LogP) is 4.27. The van der Waals surface area contributed by atoms with Crippen LogP contribution in [0, 0.1) is 6.92 Å². The lowest BCUT2D eigenvalue weighted by molar-refractivity contribution is 0.313. The third-order valence-electron chi connectivity index (χ3n) is 3.05. The molecule has 1 N–H and O–H groups in total. The van der Waals surface area contributed by atoms with Gasteiger partial charge in [0, 0.05) is 12.2 Å². The highest BCUT2D eigenvalue weighted by Gasteiger charge is 1.96. The van der Waals surface area contributed by atoms with Crippen LogP contribution >= 0.6 is 0 Å². The van der Waals surface area contributed by atoms with Gasteiger partial charge >= 0.3 is 0 Å². The van der Waals surface area contributed by atoms with Crippen molar-refractivity contribution in [3.8, 4) is 11.5 Å². The average molecular weight is 285 g/mol. The molecular weight excluding hydrogens is 262 g/mol. The maximum atomic E-state index is 5.69. The summed E-state index contributed by atoms with van der Waals surface area (Å²) in [6, 6.07) is 16.1. The minimum Gasteiger partial charge on any atom is -0.494 e. The van der Waals surface area contributed by atoms with E-state index in [1.807, 2.05) is 24.3 Å². The standard InChI is InChI=1S/C18H23NO2/c1-3-13-20-17-8-10-18(11-9-17)21-14-12-19-16-6-4-15(2)5-7-16/h4-11,19H,3,12-14H2,1-2H3. The summed E-state index contributed by atoms with van der Waals surface area (Å²) in [7, 11) is 0. The highest BCUT2D eigenvalue weighted by atomic mass is 16.5. The van der Waals surface area contributed by atoms with Gasteiger partial charge in [-0.2, -0.15) is 0 Å². The van der Waals surface area contributed by atoms with E-state index in [9.17, 15) is 0 Å². The second kappa shape index (κ2) is 8.20. The fraction of sp³-hybridized carbons (Fsp3) is 0.333. The molecular formula is C18H23NO2. The molecule has 0 saturated carbocycles. The highest BCUT2D eigenvalue weighted by Crippen LogP contribution is 2.17. The Morgan fingerprint density at radius 2 is 1.38 bits per heavy atom. The molecule has 21 heavy (non-hydrogen) atoms. The van der Waals surface area contributed by atoms with E-state index in [1.165, 1.54) is 5.56 Å². The van der Waals surface area contributed by atoms with E-state index < -0.39 is 0 Å². The van der Waals surface area contributed by atoms with Gasteiger partial charge in [-0.25, -0.2) is 0 Å². The third-order valence-corrected chi connectivity index (χ3v) is 3.05. The largest absolute Gasteiger partial charge is 0.494 e. The molecule has 0 heterocycles. The zero-order valence-electron chi connectivity index (χ0n) is 12.8. The van der Waals surface area contributed by atoms with Crippen molar-refractivity contribution in [2.75, 3.05) is 25.1 Å². The van der Waals surface area contributed by atoms with Crippen LogP contribution in [-0.4, -0.2) is 19.8 Å². The Hall–Kier alpha value is -2.16. The molecule has 0 atom stereocenters. The van der Waals surface area contributed by atoms with Crippen molar-refractivity contribution in [2.45, 2.75) is 20.3 Å². The summed E-state index contributed by atoms with van der Waals surface area (Å²) in [5, 5.41) is 3.33. The summed E-state index contributed by atoms with van der Waals surface area (Å²) in [5.41, 5.74) is 2.38. The van der Waals surface area contributed by atoms with Crippen LogP contribution in [0.2, 0.25) is 0 Å². The summed E-state index contributed by atoms with van der Waals surface area (Å²) in [4.78, 5) is 0. The van der Waals surface area contributed by atoms with Crippen LogP contribution in [0.25, 0.3) is 0 Å². The Bertz CT molecular complexity index is 520. The van der Waals surface area contributed by atoms with Crippen LogP contribution in [0.5, 0.6) is 11.5 Å². The van der Waals surface area contributed by atoms with Gasteiger partial charge in [0.2, 0.25) is 0 Å². The Labute approximate surface area is 126 Å². The number of ether oxygens (including phenoxy) is 2. The molecule has 0 radical (unpaired) electrons. The average Bonchev–Trinajstić information content (AvgIpc) is 2.52. The summed E-state index contributed by atoms with van der Waals surface area (Å²) < 4.78 is 11.2. The van der Waals surface area contributed by atoms with Crippen molar-refractivity contribution >= 4 is 5.69 Å². The molecule has 0 bridgehead atoms. The monoisotopic (exact) mass is 285 g/mol. The predicted molar refractivity (Wildman–Crippen MR) is 87.4 cm³/mol. The first-order chi connectivity index (χ1) is 10.3. The van der Waals surface area contributed by atoms with Gasteiger partial charge in [0.1, 0.15) is 18.1 Å². The Morgan fingerprint density at radius 1 is 0.810 bits per heavy atom. The van der Waals surface area contributed by atoms with Gasteiger partial charge in [-0.15, -0.1) is 0 Å². The molecule has 2 rings (SSSR count). The molecule has 2 aromatic rings. The molecule has 0 amide bonds. The highest BCUT2D eigenvalue weighted by molar-refractivity contribution is 5.44. The van der Waals surface area contributed by atoms with Crippen LogP contribution in [0.3, 0.4) is 0 Å². The van der Waals surface area contributed by atoms with Gasteiger partial charge in [0.15, 0.2) is 0 Å². The normalized spacial score (nSPS) is 10.2. The maximum Gasteiger partial charge on any atom is 0.119 e. The van der Waals surface area contributed by atoms with Crippen LogP contribution in [0.4, 0.5) is 5.69 Å². The Kier molecular flexibility index (Phi) is 5.95. The molecule has 0 aliphatic rings. The minimum atomic E-state index is 0.628. The second-order valence-electron chi connectivity index (χ2n) is 4.96. The van der Waals surface area contributed by atoms with Crippen molar-refractivity contribution in [1.29, 1.82) is 0 Å². The Morgan fingerprint density at radius 3 is 1.95 bits per heavy atom. The molecule has 3 heteroatoms. The first-order valence-corrected chi connectivity index (χ1v) is 7.44. The van der Waals surface area contributed by atoms with Crippen LogP contribution in [0.15, 0.2) is 48.5 Å². The molecule has 0 unspecified atom stereocenters. The van der Waals surface area contributed by atoms with Gasteiger partial charge in [0.25, 0.3) is 0 Å². The molecule has 0 aromatic heterocycles. The summed E-state index contributed by atoms with van der Waals surface area (Å²) in [6.45, 7) is 6.33. The fourth-order valence-electron chi connectivity index (χ4n) is 1.89. The molecule has 0 aliphatic carbocycles. The lowest BCUT2D eigenvalue weighted by Gasteiger charge is -2.10. The van der Waals surface area contributed by atoms with Crippen LogP contribution in [0.1, 0.15) is 18.9 Å². The van der Waals surface area contributed by atoms with Gasteiger partial charge in [-0.1, -0.05) is 24.6 Å². The van der Waals surface area contributed by atoms with E-state index in [4.69, 9.17) is 9.47 Å². The maximum absolute atomic E-state index is 5.69. The van der Waals surface area contributed by atoms with Crippen LogP contribution in [-0.2, 0) is 0 Å². The molecule has 3 nitrogen and oxygen atoms in total. The lowest BCUT2D eigenvalue weighted by atomic mass is 10.2. The van der Waals surface area contributed by atoms with Crippen molar-refractivity contribution in [3.63, 3.8) is 0 Å². The third kappa shape index (κ3) is 5.38. The van der Waals surface area contributed by atoms with Crippen molar-refractivity contribution < 1.29 is 9.47 Å². The number of aryl methyl sites for hydroxylation is 1. The van der Waals surface area contributed by atoms with Gasteiger partial charge in [0.05, 0.1) is 6.61 Å². The van der Waals surface area contributed by atoms with Gasteiger partial charge in [-0.05, 0) is 49.7 Å². The number of nitrogens with one attached hydrogen (secondary N) is 1. The van der Waals surface area contributed by atoms with E-state index in [1.54, 1.807) is 0 Å². The van der Waals surface area contributed by atoms with Gasteiger partial charge in [-0.3, -0.25) is 0 Å². The SMILES string of the molecule is CCCOc1ccc(OCCNc2ccc(C)cc2)cc1. The first-order valence-electron chi connectivity index (χ1n) is 7.44. The summed E-state index contributed by atoms with van der Waals surface area (Å²) in [5.74, 6) is 1.76. The number of anilines is 1. The molecule has 2 aromatic carbocycles. The van der Waals surface area contributed by atoms with E-state index in [0.717, 1.165) is 36.8 Å². The smallest absolute Gasteiger partial charge is 0.119 e. The minimum absolute atomic E-state index is 0.628. The summed E-state index contributed by atoms with van der Waals surface area (Å²) >= 11 is 0. The summed E-state index contributed by atoms with van der Waals surface area (Å²) in [6.07, 6.45) is 1.02. The molecule has 0 spiro atoms. The zero-order valence-corrected chi connectivity index (χ0v) is 12.8. The van der Waals surface area contributed by atoms with Crippen LogP contribution < -0.4 is 14.8 Å². The molecule has 0 aliphatic heterocycles. The first kappa shape index (κ1) is 15.2. The van der Waals surface area contributed by atoms with E-state index in [2.05, 4.69) is 43.4 Å². The topological polar surface area (TPSA) is 30.5 Å². The fourth-order valence-corrected chi connectivity index (χ4v) is 1.89. The lowest BCUT2D eigenvalue weighted by Crippen LogP contribution is -2.11. The van der Waals surface area contributed by atoms with Gasteiger partial charge < -0.3 is 14.8 Å². The van der Waals surface area contributed by atoms with E-state index >= 15 is 0 Å². The number of hydrogen-bond donors (Lipinski definition) is 1. The number of rotatable bonds is 8. The number of benzene rings is 2. The molecule has 0 fully saturated rings. The number of hydrogen-bond acceptors (Lipinski definition) is 3. The molecule has 0 saturated heterocycles. The van der Waals surface area contributed by atoms with E-state index in [-0.39, 0.29) is 0 Å². The zero-order chi connectivity index (χ0) is 14.9. The van der Waals surface area contributed by atoms with Crippen molar-refractivity contribution in [3.05, 3.63) is 54.1 Å². The Balaban J connectivity index is 1.69. The van der Waals surface area contributed by atoms with Crippen molar-refractivity contribution in [2.24, 2.45) is 0 Å². The van der Waals surface area contributed by atoms with E-state index in [0.29, 0.717) is 6.61 Å². The van der Waals surface area contributed by atoms with Crippen molar-refractivity contribution in [1.82, 2.24) is 0 Å². The molecule has 112 valence electrons. The quantitative estimate of drug-likeness (QED) is 0.735.